The van der Waals surface area contributed by atoms with Crippen molar-refractivity contribution in [3.63, 3.8) is 0 Å². The molecule has 0 aliphatic heterocycles. The average Bonchev–Trinajstić information content (AvgIpc) is 2.98. The minimum absolute atomic E-state index is 0.0859. The van der Waals surface area contributed by atoms with E-state index in [0.29, 0.717) is 12.8 Å². The van der Waals surface area contributed by atoms with Crippen molar-refractivity contribution in [2.24, 2.45) is 0 Å². The van der Waals surface area contributed by atoms with Gasteiger partial charge in [-0.25, -0.2) is 0 Å². The molecule has 0 atom stereocenters. The van der Waals surface area contributed by atoms with Gasteiger partial charge < -0.3 is 14.6 Å². The van der Waals surface area contributed by atoms with Crippen LogP contribution < -0.4 is 10.1 Å². The van der Waals surface area contributed by atoms with Gasteiger partial charge in [-0.15, -0.1) is 0 Å². The summed E-state index contributed by atoms with van der Waals surface area (Å²) in [5.74, 6) is 1.73. The summed E-state index contributed by atoms with van der Waals surface area (Å²) in [4.78, 5) is 12.7. The van der Waals surface area contributed by atoms with Gasteiger partial charge in [-0.2, -0.15) is 0 Å². The van der Waals surface area contributed by atoms with Gasteiger partial charge in [0.15, 0.2) is 0 Å². The van der Waals surface area contributed by atoms with E-state index < -0.39 is 0 Å². The number of hydrogen-bond acceptors (Lipinski definition) is 4. The lowest BCUT2D eigenvalue weighted by Gasteiger charge is -2.39. The van der Waals surface area contributed by atoms with Gasteiger partial charge in [0.05, 0.1) is 18.3 Å². The Morgan fingerprint density at radius 2 is 1.88 bits per heavy atom. The van der Waals surface area contributed by atoms with Gasteiger partial charge in [-0.1, -0.05) is 36.6 Å². The second-order valence-electron chi connectivity index (χ2n) is 7.22. The molecule has 26 heavy (non-hydrogen) atoms. The van der Waals surface area contributed by atoms with Gasteiger partial charge >= 0.3 is 0 Å². The van der Waals surface area contributed by atoms with Crippen molar-refractivity contribution < 1.29 is 14.1 Å². The number of carbonyl (C=O) groups is 1. The second-order valence-corrected chi connectivity index (χ2v) is 7.22. The lowest BCUT2D eigenvalue weighted by molar-refractivity contribution is -0.123. The molecule has 0 radical (unpaired) electrons. The number of aromatic nitrogens is 1. The highest BCUT2D eigenvalue weighted by atomic mass is 16.5. The Labute approximate surface area is 155 Å². The van der Waals surface area contributed by atoms with Crippen molar-refractivity contribution in [2.45, 2.75) is 64.3 Å². The summed E-state index contributed by atoms with van der Waals surface area (Å²) < 4.78 is 10.5. The Hall–Kier alpha value is -2.30. The van der Waals surface area contributed by atoms with Crippen molar-refractivity contribution in [3.05, 3.63) is 46.8 Å². The Morgan fingerprint density at radius 3 is 2.46 bits per heavy atom. The van der Waals surface area contributed by atoms with Crippen LogP contribution in [0.1, 0.15) is 61.1 Å². The van der Waals surface area contributed by atoms with E-state index in [4.69, 9.17) is 9.26 Å². The van der Waals surface area contributed by atoms with E-state index in [-0.39, 0.29) is 11.4 Å². The third-order valence-electron chi connectivity index (χ3n) is 5.51. The van der Waals surface area contributed by atoms with E-state index in [9.17, 15) is 4.79 Å². The number of aryl methyl sites for hydroxylation is 2. The van der Waals surface area contributed by atoms with Crippen molar-refractivity contribution in [1.29, 1.82) is 0 Å². The highest BCUT2D eigenvalue weighted by molar-refractivity contribution is 5.77. The predicted molar refractivity (Wildman–Crippen MR) is 100 cm³/mol. The maximum Gasteiger partial charge on any atom is 0.221 e. The van der Waals surface area contributed by atoms with Crippen LogP contribution in [0.5, 0.6) is 5.75 Å². The molecule has 0 spiro atoms. The van der Waals surface area contributed by atoms with Crippen molar-refractivity contribution in [2.75, 3.05) is 7.11 Å². The van der Waals surface area contributed by atoms with Gasteiger partial charge in [0, 0.05) is 12.0 Å². The van der Waals surface area contributed by atoms with Crippen LogP contribution >= 0.6 is 0 Å². The molecule has 0 unspecified atom stereocenters. The van der Waals surface area contributed by atoms with Crippen LogP contribution in [-0.4, -0.2) is 18.2 Å². The number of nitrogens with one attached hydrogen (secondary N) is 1. The fourth-order valence-electron chi connectivity index (χ4n) is 3.98. The molecular formula is C21H28N2O3. The van der Waals surface area contributed by atoms with E-state index in [2.05, 4.69) is 22.6 Å². The predicted octanol–water partition coefficient (Wildman–Crippen LogP) is 4.21. The zero-order valence-electron chi connectivity index (χ0n) is 15.9. The van der Waals surface area contributed by atoms with Gasteiger partial charge in [-0.05, 0) is 50.8 Å². The molecule has 1 amide bonds. The molecule has 140 valence electrons. The number of nitrogens with zero attached hydrogens (tertiary/aromatic N) is 1. The Kier molecular flexibility index (Phi) is 5.64. The molecule has 2 aromatic rings. The topological polar surface area (TPSA) is 64.4 Å². The highest BCUT2D eigenvalue weighted by Crippen LogP contribution is 2.38. The third-order valence-corrected chi connectivity index (χ3v) is 5.51. The van der Waals surface area contributed by atoms with Crippen molar-refractivity contribution in [3.8, 4) is 5.75 Å². The number of amides is 1. The van der Waals surface area contributed by atoms with E-state index >= 15 is 0 Å². The summed E-state index contributed by atoms with van der Waals surface area (Å²) in [6, 6.07) is 8.11. The fourth-order valence-corrected chi connectivity index (χ4v) is 3.98. The summed E-state index contributed by atoms with van der Waals surface area (Å²) >= 11 is 0. The van der Waals surface area contributed by atoms with Gasteiger partial charge in [0.1, 0.15) is 11.5 Å². The Morgan fingerprint density at radius 1 is 1.19 bits per heavy atom. The lowest BCUT2D eigenvalue weighted by atomic mass is 9.76. The third kappa shape index (κ3) is 3.92. The molecule has 5 nitrogen and oxygen atoms in total. The summed E-state index contributed by atoms with van der Waals surface area (Å²) in [5, 5.41) is 7.33. The fraction of sp³-hybridized carbons (Fsp3) is 0.524. The van der Waals surface area contributed by atoms with Crippen LogP contribution in [0, 0.1) is 13.8 Å². The minimum Gasteiger partial charge on any atom is -0.497 e. The van der Waals surface area contributed by atoms with Crippen molar-refractivity contribution >= 4 is 5.91 Å². The minimum atomic E-state index is -0.264. The number of ether oxygens (including phenoxy) is 1. The largest absolute Gasteiger partial charge is 0.497 e. The van der Waals surface area contributed by atoms with Gasteiger partial charge in [-0.3, -0.25) is 4.79 Å². The zero-order chi connectivity index (χ0) is 18.6. The number of carbonyl (C=O) groups excluding carboxylic acids is 1. The molecule has 5 heteroatoms. The molecule has 3 rings (SSSR count). The molecule has 1 aromatic heterocycles. The van der Waals surface area contributed by atoms with Crippen LogP contribution in [0.15, 0.2) is 28.8 Å². The molecule has 1 aliphatic rings. The summed E-state index contributed by atoms with van der Waals surface area (Å²) in [6.07, 6.45) is 6.57. The van der Waals surface area contributed by atoms with E-state index in [1.807, 2.05) is 26.0 Å². The first-order valence-corrected chi connectivity index (χ1v) is 9.41. The average molecular weight is 356 g/mol. The van der Waals surface area contributed by atoms with Crippen LogP contribution in [0.3, 0.4) is 0 Å². The molecule has 0 bridgehead atoms. The quantitative estimate of drug-likeness (QED) is 0.842. The highest BCUT2D eigenvalue weighted by Gasteiger charge is 2.35. The smallest absolute Gasteiger partial charge is 0.221 e. The van der Waals surface area contributed by atoms with Gasteiger partial charge in [0.25, 0.3) is 0 Å². The van der Waals surface area contributed by atoms with E-state index in [0.717, 1.165) is 48.5 Å². The monoisotopic (exact) mass is 356 g/mol. The number of rotatable bonds is 6. The van der Waals surface area contributed by atoms with Crippen LogP contribution in [0.4, 0.5) is 0 Å². The molecule has 1 aromatic carbocycles. The molecule has 1 aliphatic carbocycles. The lowest BCUT2D eigenvalue weighted by Crippen LogP contribution is -2.47. The molecule has 1 saturated carbocycles. The number of benzene rings is 1. The number of methoxy groups -OCH3 is 1. The maximum absolute atomic E-state index is 12.7. The van der Waals surface area contributed by atoms with Crippen molar-refractivity contribution in [1.82, 2.24) is 10.5 Å². The standard InChI is InChI=1S/C21H28N2O3/c1-15-19(16(2)26-23-15)11-12-20(24)22-21(13-5-4-6-14-21)17-7-9-18(25-3)10-8-17/h7-10H,4-6,11-14H2,1-3H3,(H,22,24). The normalized spacial score (nSPS) is 16.3. The zero-order valence-corrected chi connectivity index (χ0v) is 15.9. The SMILES string of the molecule is COc1ccc(C2(NC(=O)CCc3c(C)noc3C)CCCCC2)cc1. The van der Waals surface area contributed by atoms with Crippen LogP contribution in [0.25, 0.3) is 0 Å². The van der Waals surface area contributed by atoms with Gasteiger partial charge in [0.2, 0.25) is 5.91 Å². The summed E-state index contributed by atoms with van der Waals surface area (Å²) in [5.41, 5.74) is 2.82. The number of hydrogen-bond donors (Lipinski definition) is 1. The first-order valence-electron chi connectivity index (χ1n) is 9.41. The van der Waals surface area contributed by atoms with Crippen LogP contribution in [-0.2, 0) is 16.8 Å². The maximum atomic E-state index is 12.7. The Balaban J connectivity index is 1.72. The Bertz CT molecular complexity index is 724. The van der Waals surface area contributed by atoms with E-state index in [1.54, 1.807) is 7.11 Å². The molecule has 1 fully saturated rings. The molecule has 0 saturated heterocycles. The first kappa shape index (κ1) is 18.5. The second kappa shape index (κ2) is 7.94. The summed E-state index contributed by atoms with van der Waals surface area (Å²) in [7, 11) is 1.67. The van der Waals surface area contributed by atoms with Crippen LogP contribution in [0.2, 0.25) is 0 Å². The molecule has 1 heterocycles. The van der Waals surface area contributed by atoms with E-state index in [1.165, 1.54) is 12.0 Å². The first-order chi connectivity index (χ1) is 12.5. The molecule has 1 N–H and O–H groups in total. The molecular weight excluding hydrogens is 328 g/mol. The summed E-state index contributed by atoms with van der Waals surface area (Å²) in [6.45, 7) is 3.82.